The van der Waals surface area contributed by atoms with Crippen LogP contribution in [-0.2, 0) is 17.8 Å². The first-order chi connectivity index (χ1) is 9.29. The molecule has 0 saturated heterocycles. The molecule has 1 aromatic heterocycles. The number of hydrogen-bond acceptors (Lipinski definition) is 2. The van der Waals surface area contributed by atoms with Gasteiger partial charge in [0, 0.05) is 24.9 Å². The van der Waals surface area contributed by atoms with E-state index >= 15 is 0 Å². The molecule has 0 amide bonds. The zero-order valence-electron chi connectivity index (χ0n) is 11.1. The summed E-state index contributed by atoms with van der Waals surface area (Å²) in [5.41, 5.74) is 2.55. The predicted molar refractivity (Wildman–Crippen MR) is 74.0 cm³/mol. The number of carbonyl (C=O) groups is 1. The van der Waals surface area contributed by atoms with Gasteiger partial charge in [-0.3, -0.25) is 0 Å². The number of benzene rings is 1. The van der Waals surface area contributed by atoms with Crippen LogP contribution in [0.25, 0.3) is 0 Å². The molecule has 98 valence electrons. The van der Waals surface area contributed by atoms with Crippen molar-refractivity contribution >= 4 is 6.29 Å². The highest BCUT2D eigenvalue weighted by Crippen LogP contribution is 2.35. The van der Waals surface area contributed by atoms with Crippen molar-refractivity contribution in [2.45, 2.75) is 32.2 Å². The molecule has 0 saturated carbocycles. The fraction of sp³-hybridized carbons (Fsp3) is 0.375. The third kappa shape index (κ3) is 2.21. The van der Waals surface area contributed by atoms with Crippen LogP contribution in [0.4, 0.5) is 0 Å². The van der Waals surface area contributed by atoms with Gasteiger partial charge >= 0.3 is 0 Å². The minimum atomic E-state index is 0.0201. The SMILES string of the molecule is Cc1nccn1CC1CCc2ccccc2C1C=O. The van der Waals surface area contributed by atoms with Crippen molar-refractivity contribution in [3.8, 4) is 0 Å². The first kappa shape index (κ1) is 12.2. The first-order valence-corrected chi connectivity index (χ1v) is 6.80. The van der Waals surface area contributed by atoms with Crippen LogP contribution >= 0.6 is 0 Å². The van der Waals surface area contributed by atoms with Gasteiger partial charge < -0.3 is 9.36 Å². The van der Waals surface area contributed by atoms with E-state index in [0.717, 1.165) is 31.5 Å². The highest BCUT2D eigenvalue weighted by atomic mass is 16.1. The molecule has 0 N–H and O–H groups in total. The second kappa shape index (κ2) is 5.00. The van der Waals surface area contributed by atoms with E-state index in [-0.39, 0.29) is 5.92 Å². The fourth-order valence-corrected chi connectivity index (χ4v) is 3.10. The second-order valence-corrected chi connectivity index (χ2v) is 5.29. The van der Waals surface area contributed by atoms with E-state index in [4.69, 9.17) is 0 Å². The number of rotatable bonds is 3. The van der Waals surface area contributed by atoms with Crippen molar-refractivity contribution in [3.05, 3.63) is 53.6 Å². The molecule has 0 spiro atoms. The molecule has 3 heteroatoms. The summed E-state index contributed by atoms with van der Waals surface area (Å²) < 4.78 is 2.15. The standard InChI is InChI=1S/C16H18N2O/c1-12-17-8-9-18(12)10-14-7-6-13-4-2-3-5-15(13)16(14)11-19/h2-5,8-9,11,14,16H,6-7,10H2,1H3. The number of imidazole rings is 1. The van der Waals surface area contributed by atoms with E-state index < -0.39 is 0 Å². The van der Waals surface area contributed by atoms with E-state index in [1.54, 1.807) is 0 Å². The van der Waals surface area contributed by atoms with Crippen molar-refractivity contribution in [1.82, 2.24) is 9.55 Å². The van der Waals surface area contributed by atoms with Crippen LogP contribution in [0.3, 0.4) is 0 Å². The molecular weight excluding hydrogens is 236 g/mol. The van der Waals surface area contributed by atoms with Crippen molar-refractivity contribution in [2.75, 3.05) is 0 Å². The number of fused-ring (bicyclic) bond motifs is 1. The smallest absolute Gasteiger partial charge is 0.127 e. The van der Waals surface area contributed by atoms with Crippen LogP contribution in [0.1, 0.15) is 29.3 Å². The first-order valence-electron chi connectivity index (χ1n) is 6.80. The molecule has 0 fully saturated rings. The van der Waals surface area contributed by atoms with Crippen molar-refractivity contribution < 1.29 is 4.79 Å². The summed E-state index contributed by atoms with van der Waals surface area (Å²) >= 11 is 0. The summed E-state index contributed by atoms with van der Waals surface area (Å²) in [6.45, 7) is 2.89. The van der Waals surface area contributed by atoms with E-state index in [0.29, 0.717) is 5.92 Å². The van der Waals surface area contributed by atoms with Crippen LogP contribution < -0.4 is 0 Å². The molecule has 2 unspecified atom stereocenters. The van der Waals surface area contributed by atoms with Crippen LogP contribution in [0.15, 0.2) is 36.7 Å². The largest absolute Gasteiger partial charge is 0.335 e. The van der Waals surface area contributed by atoms with Gasteiger partial charge in [0.25, 0.3) is 0 Å². The Morgan fingerprint density at radius 3 is 3.00 bits per heavy atom. The molecule has 1 aliphatic carbocycles. The maximum Gasteiger partial charge on any atom is 0.127 e. The molecule has 0 bridgehead atoms. The van der Waals surface area contributed by atoms with Crippen molar-refractivity contribution in [3.63, 3.8) is 0 Å². The summed E-state index contributed by atoms with van der Waals surface area (Å²) in [5.74, 6) is 1.41. The van der Waals surface area contributed by atoms with Crippen LogP contribution in [-0.4, -0.2) is 15.8 Å². The molecule has 1 aromatic carbocycles. The summed E-state index contributed by atoms with van der Waals surface area (Å²) in [4.78, 5) is 15.8. The molecule has 2 atom stereocenters. The minimum absolute atomic E-state index is 0.0201. The number of aldehydes is 1. The Kier molecular flexibility index (Phi) is 3.20. The Morgan fingerprint density at radius 1 is 1.42 bits per heavy atom. The molecule has 0 radical (unpaired) electrons. The zero-order valence-corrected chi connectivity index (χ0v) is 11.1. The number of aryl methyl sites for hydroxylation is 2. The lowest BCUT2D eigenvalue weighted by molar-refractivity contribution is -0.110. The van der Waals surface area contributed by atoms with Crippen molar-refractivity contribution in [1.29, 1.82) is 0 Å². The third-order valence-electron chi connectivity index (χ3n) is 4.21. The fourth-order valence-electron chi connectivity index (χ4n) is 3.10. The van der Waals surface area contributed by atoms with Gasteiger partial charge in [-0.05, 0) is 36.8 Å². The second-order valence-electron chi connectivity index (χ2n) is 5.29. The number of hydrogen-bond donors (Lipinski definition) is 0. The number of nitrogens with zero attached hydrogens (tertiary/aromatic N) is 2. The lowest BCUT2D eigenvalue weighted by Gasteiger charge is -2.30. The highest BCUT2D eigenvalue weighted by Gasteiger charge is 2.29. The van der Waals surface area contributed by atoms with Crippen LogP contribution in [0.2, 0.25) is 0 Å². The summed E-state index contributed by atoms with van der Waals surface area (Å²) in [5, 5.41) is 0. The lowest BCUT2D eigenvalue weighted by Crippen LogP contribution is -2.26. The summed E-state index contributed by atoms with van der Waals surface area (Å²) in [6, 6.07) is 8.33. The van der Waals surface area contributed by atoms with E-state index in [1.165, 1.54) is 11.1 Å². The van der Waals surface area contributed by atoms with Gasteiger partial charge in [-0.25, -0.2) is 4.98 Å². The average molecular weight is 254 g/mol. The average Bonchev–Trinajstić information content (AvgIpc) is 2.84. The van der Waals surface area contributed by atoms with Gasteiger partial charge in [0.15, 0.2) is 0 Å². The molecule has 19 heavy (non-hydrogen) atoms. The number of aromatic nitrogens is 2. The van der Waals surface area contributed by atoms with E-state index in [9.17, 15) is 4.79 Å². The summed E-state index contributed by atoms with van der Waals surface area (Å²) in [7, 11) is 0. The van der Waals surface area contributed by atoms with Gasteiger partial charge in [-0.1, -0.05) is 24.3 Å². The predicted octanol–water partition coefficient (Wildman–Crippen LogP) is 2.74. The van der Waals surface area contributed by atoms with Crippen LogP contribution in [0.5, 0.6) is 0 Å². The lowest BCUT2D eigenvalue weighted by atomic mass is 9.75. The highest BCUT2D eigenvalue weighted by molar-refractivity contribution is 5.64. The van der Waals surface area contributed by atoms with Gasteiger partial charge in [0.05, 0.1) is 0 Å². The quantitative estimate of drug-likeness (QED) is 0.789. The number of carbonyl (C=O) groups excluding carboxylic acids is 1. The Morgan fingerprint density at radius 2 is 2.26 bits per heavy atom. The molecule has 3 rings (SSSR count). The van der Waals surface area contributed by atoms with E-state index in [1.807, 2.05) is 25.4 Å². The van der Waals surface area contributed by atoms with Crippen LogP contribution in [0, 0.1) is 12.8 Å². The molecule has 0 aliphatic heterocycles. The summed E-state index contributed by atoms with van der Waals surface area (Å²) in [6.07, 6.45) is 7.08. The Labute approximate surface area is 113 Å². The molecule has 1 aliphatic rings. The maximum absolute atomic E-state index is 11.5. The molecule has 2 aromatic rings. The Bertz CT molecular complexity index is 588. The molecular formula is C16H18N2O. The molecule has 3 nitrogen and oxygen atoms in total. The monoisotopic (exact) mass is 254 g/mol. The maximum atomic E-state index is 11.5. The topological polar surface area (TPSA) is 34.9 Å². The van der Waals surface area contributed by atoms with Crippen molar-refractivity contribution in [2.24, 2.45) is 5.92 Å². The Hall–Kier alpha value is -1.90. The molecule has 1 heterocycles. The normalized spacial score (nSPS) is 21.9. The zero-order chi connectivity index (χ0) is 13.2. The van der Waals surface area contributed by atoms with Gasteiger partial charge in [-0.2, -0.15) is 0 Å². The van der Waals surface area contributed by atoms with Gasteiger partial charge in [0.1, 0.15) is 12.1 Å². The van der Waals surface area contributed by atoms with E-state index in [2.05, 4.69) is 27.8 Å². The van der Waals surface area contributed by atoms with Gasteiger partial charge in [-0.15, -0.1) is 0 Å². The third-order valence-corrected chi connectivity index (χ3v) is 4.21. The minimum Gasteiger partial charge on any atom is -0.335 e. The van der Waals surface area contributed by atoms with Gasteiger partial charge in [0.2, 0.25) is 0 Å². The Balaban J connectivity index is 1.88.